The Bertz CT molecular complexity index is 672. The smallest absolute Gasteiger partial charge is 0.242 e. The Morgan fingerprint density at radius 2 is 2.27 bits per heavy atom. The third-order valence-corrected chi connectivity index (χ3v) is 3.42. The quantitative estimate of drug-likeness (QED) is 0.877. The van der Waals surface area contributed by atoms with Crippen molar-refractivity contribution in [1.29, 1.82) is 0 Å². The van der Waals surface area contributed by atoms with E-state index in [1.165, 1.54) is 0 Å². The Morgan fingerprint density at radius 3 is 3.05 bits per heavy atom. The fraction of sp³-hybridized carbons (Fsp3) is 0.333. The number of ether oxygens (including phenoxy) is 2. The highest BCUT2D eigenvalue weighted by Crippen LogP contribution is 2.31. The highest BCUT2D eigenvalue weighted by atomic mass is 35.5. The number of fused-ring (bicyclic) bond motifs is 1. The fourth-order valence-electron chi connectivity index (χ4n) is 2.13. The van der Waals surface area contributed by atoms with E-state index >= 15 is 0 Å². The predicted molar refractivity (Wildman–Crippen MR) is 82.5 cm³/mol. The molecule has 0 radical (unpaired) electrons. The van der Waals surface area contributed by atoms with Crippen LogP contribution in [0.15, 0.2) is 36.7 Å². The molecule has 2 atom stereocenters. The molecule has 2 heterocycles. The first-order valence-corrected chi connectivity index (χ1v) is 7.41. The van der Waals surface area contributed by atoms with Gasteiger partial charge >= 0.3 is 0 Å². The average Bonchev–Trinajstić information content (AvgIpc) is 2.94. The van der Waals surface area contributed by atoms with E-state index in [-0.39, 0.29) is 12.0 Å². The number of amides is 1. The molecule has 3 rings (SSSR count). The molecule has 2 unspecified atom stereocenters. The molecule has 0 fully saturated rings. The molecule has 1 aromatic carbocycles. The van der Waals surface area contributed by atoms with Gasteiger partial charge in [-0.25, -0.2) is 0 Å². The minimum Gasteiger partial charge on any atom is -0.486 e. The predicted octanol–water partition coefficient (Wildman–Crippen LogP) is 2.29. The van der Waals surface area contributed by atoms with Crippen molar-refractivity contribution in [2.45, 2.75) is 24.9 Å². The lowest BCUT2D eigenvalue weighted by Gasteiger charge is -2.26. The highest BCUT2D eigenvalue weighted by molar-refractivity contribution is 6.32. The number of nitrogens with zero attached hydrogens (tertiary/aromatic N) is 2. The van der Waals surface area contributed by atoms with Gasteiger partial charge in [0.15, 0.2) is 17.6 Å². The SMILES string of the molecule is CC(Cl)C(=O)Nc1cnn(CC2COc3ccccc3O2)c1. The van der Waals surface area contributed by atoms with Crippen LogP contribution in [0.4, 0.5) is 5.69 Å². The minimum atomic E-state index is -0.588. The Morgan fingerprint density at radius 1 is 1.50 bits per heavy atom. The van der Waals surface area contributed by atoms with Crippen LogP contribution in [0, 0.1) is 0 Å². The summed E-state index contributed by atoms with van der Waals surface area (Å²) in [5.74, 6) is 1.23. The molecule has 0 spiro atoms. The Labute approximate surface area is 133 Å². The summed E-state index contributed by atoms with van der Waals surface area (Å²) in [6.07, 6.45) is 3.18. The molecule has 0 saturated heterocycles. The van der Waals surface area contributed by atoms with Crippen LogP contribution >= 0.6 is 11.6 Å². The van der Waals surface area contributed by atoms with Crippen LogP contribution in [0.25, 0.3) is 0 Å². The topological polar surface area (TPSA) is 65.4 Å². The molecule has 0 saturated carbocycles. The molecule has 1 N–H and O–H groups in total. The molecule has 7 heteroatoms. The summed E-state index contributed by atoms with van der Waals surface area (Å²) in [5.41, 5.74) is 0.606. The van der Waals surface area contributed by atoms with Crippen molar-refractivity contribution in [3.8, 4) is 11.5 Å². The van der Waals surface area contributed by atoms with Crippen LogP contribution in [0.3, 0.4) is 0 Å². The number of hydrogen-bond acceptors (Lipinski definition) is 4. The average molecular weight is 322 g/mol. The van der Waals surface area contributed by atoms with Crippen molar-refractivity contribution in [2.75, 3.05) is 11.9 Å². The van der Waals surface area contributed by atoms with Gasteiger partial charge in [0.1, 0.15) is 12.0 Å². The van der Waals surface area contributed by atoms with Crippen LogP contribution in [0.2, 0.25) is 0 Å². The van der Waals surface area contributed by atoms with Crippen molar-refractivity contribution in [2.24, 2.45) is 0 Å². The highest BCUT2D eigenvalue weighted by Gasteiger charge is 2.21. The van der Waals surface area contributed by atoms with Gasteiger partial charge in [0.25, 0.3) is 0 Å². The van der Waals surface area contributed by atoms with Crippen molar-refractivity contribution in [1.82, 2.24) is 9.78 Å². The molecule has 1 aliphatic rings. The van der Waals surface area contributed by atoms with Crippen molar-refractivity contribution >= 4 is 23.2 Å². The van der Waals surface area contributed by atoms with Crippen LogP contribution in [-0.4, -0.2) is 33.8 Å². The van der Waals surface area contributed by atoms with Gasteiger partial charge in [-0.2, -0.15) is 5.10 Å². The van der Waals surface area contributed by atoms with E-state index in [4.69, 9.17) is 21.1 Å². The van der Waals surface area contributed by atoms with Crippen molar-refractivity contribution < 1.29 is 14.3 Å². The Balaban J connectivity index is 1.61. The number of carbonyl (C=O) groups is 1. The normalized spacial score (nSPS) is 17.8. The third kappa shape index (κ3) is 3.33. The van der Waals surface area contributed by atoms with Gasteiger partial charge in [-0.15, -0.1) is 11.6 Å². The number of rotatable bonds is 4. The molecule has 6 nitrogen and oxygen atoms in total. The number of anilines is 1. The number of hydrogen-bond donors (Lipinski definition) is 1. The Hall–Kier alpha value is -2.21. The zero-order chi connectivity index (χ0) is 15.5. The summed E-state index contributed by atoms with van der Waals surface area (Å²) in [5, 5.41) is 6.30. The van der Waals surface area contributed by atoms with Gasteiger partial charge in [0.2, 0.25) is 5.91 Å². The van der Waals surface area contributed by atoms with Crippen molar-refractivity contribution in [3.05, 3.63) is 36.7 Å². The van der Waals surface area contributed by atoms with E-state index in [9.17, 15) is 4.79 Å². The maximum atomic E-state index is 11.5. The molecule has 1 amide bonds. The first kappa shape index (κ1) is 14.7. The summed E-state index contributed by atoms with van der Waals surface area (Å²) < 4.78 is 13.2. The van der Waals surface area contributed by atoms with E-state index in [0.717, 1.165) is 11.5 Å². The second-order valence-corrected chi connectivity index (χ2v) is 5.71. The second-order valence-electron chi connectivity index (χ2n) is 5.05. The minimum absolute atomic E-state index is 0.134. The van der Waals surface area contributed by atoms with E-state index in [0.29, 0.717) is 18.8 Å². The number of aromatic nitrogens is 2. The molecule has 1 aromatic heterocycles. The summed E-state index contributed by atoms with van der Waals surface area (Å²) in [6.45, 7) is 2.60. The van der Waals surface area contributed by atoms with Gasteiger partial charge in [-0.05, 0) is 19.1 Å². The van der Waals surface area contributed by atoms with E-state index in [2.05, 4.69) is 10.4 Å². The van der Waals surface area contributed by atoms with Crippen LogP contribution in [0.5, 0.6) is 11.5 Å². The van der Waals surface area contributed by atoms with Gasteiger partial charge in [-0.1, -0.05) is 12.1 Å². The van der Waals surface area contributed by atoms with Crippen LogP contribution in [0.1, 0.15) is 6.92 Å². The van der Waals surface area contributed by atoms with E-state index in [1.54, 1.807) is 24.0 Å². The molecule has 1 aliphatic heterocycles. The lowest BCUT2D eigenvalue weighted by molar-refractivity contribution is -0.115. The first-order valence-electron chi connectivity index (χ1n) is 6.97. The second kappa shape index (κ2) is 6.27. The zero-order valence-corrected chi connectivity index (χ0v) is 12.8. The summed E-state index contributed by atoms with van der Waals surface area (Å²) in [7, 11) is 0. The summed E-state index contributed by atoms with van der Waals surface area (Å²) in [6, 6.07) is 7.56. The zero-order valence-electron chi connectivity index (χ0n) is 12.0. The van der Waals surface area contributed by atoms with Crippen molar-refractivity contribution in [3.63, 3.8) is 0 Å². The lowest BCUT2D eigenvalue weighted by Crippen LogP contribution is -2.33. The first-order chi connectivity index (χ1) is 10.6. The summed E-state index contributed by atoms with van der Waals surface area (Å²) >= 11 is 5.71. The van der Waals surface area contributed by atoms with Gasteiger partial charge < -0.3 is 14.8 Å². The number of benzene rings is 1. The Kier molecular flexibility index (Phi) is 4.20. The maximum absolute atomic E-state index is 11.5. The fourth-order valence-corrected chi connectivity index (χ4v) is 2.19. The molecular formula is C15H16ClN3O3. The third-order valence-electron chi connectivity index (χ3n) is 3.22. The monoisotopic (exact) mass is 321 g/mol. The largest absolute Gasteiger partial charge is 0.486 e. The van der Waals surface area contributed by atoms with Gasteiger partial charge in [0, 0.05) is 6.20 Å². The van der Waals surface area contributed by atoms with E-state index in [1.807, 2.05) is 24.3 Å². The molecule has 0 bridgehead atoms. The summed E-state index contributed by atoms with van der Waals surface area (Å²) in [4.78, 5) is 11.5. The lowest BCUT2D eigenvalue weighted by atomic mass is 10.2. The maximum Gasteiger partial charge on any atom is 0.242 e. The number of alkyl halides is 1. The van der Waals surface area contributed by atoms with E-state index < -0.39 is 5.38 Å². The molecular weight excluding hydrogens is 306 g/mol. The van der Waals surface area contributed by atoms with Crippen LogP contribution < -0.4 is 14.8 Å². The number of nitrogens with one attached hydrogen (secondary N) is 1. The number of carbonyl (C=O) groups excluding carboxylic acids is 1. The van der Waals surface area contributed by atoms with Crippen LogP contribution in [-0.2, 0) is 11.3 Å². The standard InChI is InChI=1S/C15H16ClN3O3/c1-10(16)15(20)18-11-6-17-19(7-11)8-12-9-21-13-4-2-3-5-14(13)22-12/h2-7,10,12H,8-9H2,1H3,(H,18,20). The molecule has 0 aliphatic carbocycles. The number of para-hydroxylation sites is 2. The number of halogens is 1. The molecule has 116 valence electrons. The molecule has 22 heavy (non-hydrogen) atoms. The van der Waals surface area contributed by atoms with Gasteiger partial charge in [-0.3, -0.25) is 9.48 Å². The molecule has 2 aromatic rings. The van der Waals surface area contributed by atoms with Gasteiger partial charge in [0.05, 0.1) is 18.4 Å².